The van der Waals surface area contributed by atoms with Crippen LogP contribution in [-0.2, 0) is 4.79 Å². The average molecular weight is 213 g/mol. The molecule has 1 rings (SSSR count). The quantitative estimate of drug-likeness (QED) is 0.732. The van der Waals surface area contributed by atoms with Crippen molar-refractivity contribution in [2.75, 3.05) is 6.54 Å². The Balaban J connectivity index is 2.32. The highest BCUT2D eigenvalue weighted by molar-refractivity contribution is 5.78. The lowest BCUT2D eigenvalue weighted by molar-refractivity contribution is -0.126. The van der Waals surface area contributed by atoms with E-state index in [2.05, 4.69) is 5.32 Å². The maximum absolute atomic E-state index is 11.7. The molecule has 0 bridgehead atoms. The number of hydrogen-bond acceptors (Lipinski definition) is 2. The van der Waals surface area contributed by atoms with E-state index in [9.17, 15) is 9.90 Å². The van der Waals surface area contributed by atoms with E-state index in [4.69, 9.17) is 0 Å². The second-order valence-corrected chi connectivity index (χ2v) is 4.66. The molecule has 1 fully saturated rings. The molecule has 0 atom stereocenters. The minimum atomic E-state index is -0.623. The SMILES string of the molecule is CCC(CC)C(=O)NCC1(O)CCCC1. The van der Waals surface area contributed by atoms with Crippen LogP contribution in [0.1, 0.15) is 52.4 Å². The largest absolute Gasteiger partial charge is 0.388 e. The molecule has 3 heteroatoms. The lowest BCUT2D eigenvalue weighted by Crippen LogP contribution is -2.42. The van der Waals surface area contributed by atoms with E-state index in [-0.39, 0.29) is 11.8 Å². The molecular weight excluding hydrogens is 190 g/mol. The molecule has 0 heterocycles. The summed E-state index contributed by atoms with van der Waals surface area (Å²) in [6.07, 6.45) is 5.57. The highest BCUT2D eigenvalue weighted by Gasteiger charge is 2.31. The highest BCUT2D eigenvalue weighted by atomic mass is 16.3. The minimum absolute atomic E-state index is 0.0975. The first-order chi connectivity index (χ1) is 7.11. The van der Waals surface area contributed by atoms with E-state index < -0.39 is 5.60 Å². The molecule has 1 amide bonds. The average Bonchev–Trinajstić information content (AvgIpc) is 2.65. The van der Waals surface area contributed by atoms with Gasteiger partial charge in [0.05, 0.1) is 5.60 Å². The van der Waals surface area contributed by atoms with Gasteiger partial charge in [-0.25, -0.2) is 0 Å². The fraction of sp³-hybridized carbons (Fsp3) is 0.917. The molecule has 0 radical (unpaired) electrons. The Labute approximate surface area is 92.3 Å². The first kappa shape index (κ1) is 12.5. The smallest absolute Gasteiger partial charge is 0.223 e. The monoisotopic (exact) mass is 213 g/mol. The van der Waals surface area contributed by atoms with Gasteiger partial charge in [-0.2, -0.15) is 0 Å². The lowest BCUT2D eigenvalue weighted by Gasteiger charge is -2.23. The van der Waals surface area contributed by atoms with E-state index in [0.717, 1.165) is 38.5 Å². The number of carbonyl (C=O) groups excluding carboxylic acids is 1. The number of amides is 1. The molecule has 0 unspecified atom stereocenters. The fourth-order valence-corrected chi connectivity index (χ4v) is 2.27. The van der Waals surface area contributed by atoms with E-state index in [1.54, 1.807) is 0 Å². The van der Waals surface area contributed by atoms with Crippen LogP contribution < -0.4 is 5.32 Å². The van der Waals surface area contributed by atoms with Gasteiger partial charge in [-0.1, -0.05) is 26.7 Å². The summed E-state index contributed by atoms with van der Waals surface area (Å²) in [6, 6.07) is 0. The second-order valence-electron chi connectivity index (χ2n) is 4.66. The molecule has 1 aliphatic rings. The van der Waals surface area contributed by atoms with Crippen LogP contribution in [0.5, 0.6) is 0 Å². The molecule has 1 aliphatic carbocycles. The predicted octanol–water partition coefficient (Wildman–Crippen LogP) is 1.84. The van der Waals surface area contributed by atoms with E-state index >= 15 is 0 Å². The topological polar surface area (TPSA) is 49.3 Å². The normalized spacial score (nSPS) is 19.5. The van der Waals surface area contributed by atoms with E-state index in [0.29, 0.717) is 6.54 Å². The van der Waals surface area contributed by atoms with Gasteiger partial charge in [-0.3, -0.25) is 4.79 Å². The first-order valence-corrected chi connectivity index (χ1v) is 6.11. The summed E-state index contributed by atoms with van der Waals surface area (Å²) in [5.74, 6) is 0.204. The standard InChI is InChI=1S/C12H23NO2/c1-3-10(4-2)11(14)13-9-12(15)7-5-6-8-12/h10,15H,3-9H2,1-2H3,(H,13,14). The van der Waals surface area contributed by atoms with Gasteiger partial charge >= 0.3 is 0 Å². The number of rotatable bonds is 5. The minimum Gasteiger partial charge on any atom is -0.388 e. The predicted molar refractivity (Wildman–Crippen MR) is 60.5 cm³/mol. The van der Waals surface area contributed by atoms with Gasteiger partial charge in [-0.15, -0.1) is 0 Å². The van der Waals surface area contributed by atoms with Crippen molar-refractivity contribution < 1.29 is 9.90 Å². The molecule has 15 heavy (non-hydrogen) atoms. The van der Waals surface area contributed by atoms with Crippen molar-refractivity contribution in [2.45, 2.75) is 58.0 Å². The Morgan fingerprint density at radius 3 is 2.33 bits per heavy atom. The van der Waals surface area contributed by atoms with Crippen LogP contribution in [0, 0.1) is 5.92 Å². The van der Waals surface area contributed by atoms with Gasteiger partial charge in [0.2, 0.25) is 5.91 Å². The maximum Gasteiger partial charge on any atom is 0.223 e. The molecule has 0 saturated heterocycles. The van der Waals surface area contributed by atoms with Crippen molar-refractivity contribution in [2.24, 2.45) is 5.92 Å². The van der Waals surface area contributed by atoms with Crippen molar-refractivity contribution in [3.8, 4) is 0 Å². The fourth-order valence-electron chi connectivity index (χ4n) is 2.27. The van der Waals surface area contributed by atoms with Gasteiger partial charge in [0.15, 0.2) is 0 Å². The van der Waals surface area contributed by atoms with E-state index in [1.807, 2.05) is 13.8 Å². The third-order valence-corrected chi connectivity index (χ3v) is 3.48. The number of nitrogens with one attached hydrogen (secondary N) is 1. The van der Waals surface area contributed by atoms with Crippen LogP contribution in [0.2, 0.25) is 0 Å². The zero-order chi connectivity index (χ0) is 11.3. The summed E-state index contributed by atoms with van der Waals surface area (Å²) < 4.78 is 0. The molecule has 88 valence electrons. The highest BCUT2D eigenvalue weighted by Crippen LogP contribution is 2.28. The Morgan fingerprint density at radius 2 is 1.87 bits per heavy atom. The van der Waals surface area contributed by atoms with Crippen molar-refractivity contribution in [3.63, 3.8) is 0 Å². The summed E-state index contributed by atoms with van der Waals surface area (Å²) in [5, 5.41) is 12.9. The summed E-state index contributed by atoms with van der Waals surface area (Å²) in [4.78, 5) is 11.7. The summed E-state index contributed by atoms with van der Waals surface area (Å²) in [6.45, 7) is 4.48. The number of aliphatic hydroxyl groups is 1. The molecule has 0 spiro atoms. The van der Waals surface area contributed by atoms with Gasteiger partial charge in [0.1, 0.15) is 0 Å². The third-order valence-electron chi connectivity index (χ3n) is 3.48. The van der Waals surface area contributed by atoms with Crippen LogP contribution in [0.3, 0.4) is 0 Å². The third kappa shape index (κ3) is 3.49. The van der Waals surface area contributed by atoms with Crippen molar-refractivity contribution in [1.29, 1.82) is 0 Å². The maximum atomic E-state index is 11.7. The van der Waals surface area contributed by atoms with Gasteiger partial charge in [0, 0.05) is 12.5 Å². The summed E-state index contributed by atoms with van der Waals surface area (Å²) in [7, 11) is 0. The zero-order valence-corrected chi connectivity index (χ0v) is 9.88. The van der Waals surface area contributed by atoms with Gasteiger partial charge in [-0.05, 0) is 25.7 Å². The van der Waals surface area contributed by atoms with Crippen LogP contribution in [0.25, 0.3) is 0 Å². The molecule has 0 aromatic carbocycles. The van der Waals surface area contributed by atoms with E-state index in [1.165, 1.54) is 0 Å². The lowest BCUT2D eigenvalue weighted by atomic mass is 10.00. The molecule has 1 saturated carbocycles. The van der Waals surface area contributed by atoms with Crippen LogP contribution in [0.15, 0.2) is 0 Å². The molecular formula is C12H23NO2. The molecule has 0 aromatic heterocycles. The Bertz CT molecular complexity index is 206. The second kappa shape index (κ2) is 5.50. The Morgan fingerprint density at radius 1 is 1.33 bits per heavy atom. The number of carbonyl (C=O) groups is 1. The first-order valence-electron chi connectivity index (χ1n) is 6.11. The van der Waals surface area contributed by atoms with Crippen LogP contribution in [0.4, 0.5) is 0 Å². The molecule has 2 N–H and O–H groups in total. The summed E-state index contributed by atoms with van der Waals surface area (Å²) >= 11 is 0. The van der Waals surface area contributed by atoms with Crippen molar-refractivity contribution >= 4 is 5.91 Å². The number of hydrogen-bond donors (Lipinski definition) is 2. The Kier molecular flexibility index (Phi) is 4.58. The summed E-state index contributed by atoms with van der Waals surface area (Å²) in [5.41, 5.74) is -0.623. The van der Waals surface area contributed by atoms with Crippen molar-refractivity contribution in [3.05, 3.63) is 0 Å². The van der Waals surface area contributed by atoms with Crippen LogP contribution in [-0.4, -0.2) is 23.2 Å². The van der Waals surface area contributed by atoms with Gasteiger partial charge in [0.25, 0.3) is 0 Å². The molecule has 3 nitrogen and oxygen atoms in total. The zero-order valence-electron chi connectivity index (χ0n) is 9.88. The molecule has 0 aromatic rings. The molecule has 0 aliphatic heterocycles. The van der Waals surface area contributed by atoms with Crippen molar-refractivity contribution in [1.82, 2.24) is 5.32 Å². The Hall–Kier alpha value is -0.570. The van der Waals surface area contributed by atoms with Crippen LogP contribution >= 0.6 is 0 Å². The van der Waals surface area contributed by atoms with Gasteiger partial charge < -0.3 is 10.4 Å².